The van der Waals surface area contributed by atoms with E-state index in [9.17, 15) is 9.59 Å². The molecule has 7 heteroatoms. The number of amides is 2. The van der Waals surface area contributed by atoms with Gasteiger partial charge in [-0.25, -0.2) is 4.79 Å². The van der Waals surface area contributed by atoms with Crippen molar-refractivity contribution in [2.45, 2.75) is 59.6 Å². The molecular weight excluding hydrogens is 370 g/mol. The van der Waals surface area contributed by atoms with Crippen molar-refractivity contribution < 1.29 is 19.1 Å². The van der Waals surface area contributed by atoms with E-state index in [0.29, 0.717) is 18.9 Å². The van der Waals surface area contributed by atoms with Crippen LogP contribution < -0.4 is 10.6 Å². The van der Waals surface area contributed by atoms with E-state index in [1.54, 1.807) is 26.8 Å². The summed E-state index contributed by atoms with van der Waals surface area (Å²) >= 11 is 0. The first-order chi connectivity index (χ1) is 13.6. The van der Waals surface area contributed by atoms with Gasteiger partial charge in [0.25, 0.3) is 0 Å². The average molecular weight is 408 g/mol. The van der Waals surface area contributed by atoms with Gasteiger partial charge < -0.3 is 25.0 Å². The lowest BCUT2D eigenvalue weighted by atomic mass is 9.98. The molecule has 1 fully saturated rings. The quantitative estimate of drug-likeness (QED) is 0.603. The number of allylic oxidation sites excluding steroid dienone is 3. The molecule has 1 heterocycles. The minimum absolute atomic E-state index is 0.0594. The van der Waals surface area contributed by atoms with Crippen molar-refractivity contribution in [1.82, 2.24) is 15.5 Å². The van der Waals surface area contributed by atoms with E-state index in [1.807, 2.05) is 32.9 Å². The Labute approximate surface area is 175 Å². The van der Waals surface area contributed by atoms with Gasteiger partial charge in [0.2, 0.25) is 5.91 Å². The Bertz CT molecular complexity index is 628. The molecule has 1 aliphatic rings. The van der Waals surface area contributed by atoms with Gasteiger partial charge in [-0.3, -0.25) is 4.79 Å². The van der Waals surface area contributed by atoms with E-state index < -0.39 is 17.7 Å². The molecule has 0 aromatic carbocycles. The number of carbonyl (C=O) groups excluding carboxylic acids is 2. The van der Waals surface area contributed by atoms with E-state index in [2.05, 4.69) is 22.1 Å². The average Bonchev–Trinajstić information content (AvgIpc) is 2.67. The van der Waals surface area contributed by atoms with Crippen LogP contribution in [0.4, 0.5) is 4.79 Å². The molecule has 1 saturated heterocycles. The summed E-state index contributed by atoms with van der Waals surface area (Å²) < 4.78 is 10.8. The summed E-state index contributed by atoms with van der Waals surface area (Å²) in [6.45, 7) is 17.7. The number of rotatable bonds is 8. The maximum absolute atomic E-state index is 13.1. The molecule has 2 atom stereocenters. The van der Waals surface area contributed by atoms with Crippen LogP contribution in [0.1, 0.15) is 48.0 Å². The summed E-state index contributed by atoms with van der Waals surface area (Å²) in [5.41, 5.74) is 0.918. The number of carbonyl (C=O) groups is 2. The topological polar surface area (TPSA) is 79.9 Å². The highest BCUT2D eigenvalue weighted by Crippen LogP contribution is 2.17. The zero-order valence-electron chi connectivity index (χ0n) is 18.7. The van der Waals surface area contributed by atoms with Crippen molar-refractivity contribution in [1.29, 1.82) is 0 Å². The SMILES string of the molecule is C=C/C=C(\C(=C/C)NC(=O)C(NC(=O)OC(C)(C)C)[C@@H](C)CC)N1CCOCC1. The summed E-state index contributed by atoms with van der Waals surface area (Å²) in [6.07, 6.45) is 5.56. The van der Waals surface area contributed by atoms with Gasteiger partial charge in [-0.2, -0.15) is 0 Å². The lowest BCUT2D eigenvalue weighted by molar-refractivity contribution is -0.123. The van der Waals surface area contributed by atoms with Gasteiger partial charge in [0.1, 0.15) is 11.6 Å². The predicted molar refractivity (Wildman–Crippen MR) is 115 cm³/mol. The largest absolute Gasteiger partial charge is 0.444 e. The smallest absolute Gasteiger partial charge is 0.408 e. The fourth-order valence-electron chi connectivity index (χ4n) is 2.91. The second-order valence-electron chi connectivity index (χ2n) is 8.09. The number of ether oxygens (including phenoxy) is 2. The first-order valence-corrected chi connectivity index (χ1v) is 10.2. The van der Waals surface area contributed by atoms with E-state index in [-0.39, 0.29) is 11.8 Å². The van der Waals surface area contributed by atoms with Crippen LogP contribution in [-0.2, 0) is 14.3 Å². The van der Waals surface area contributed by atoms with Gasteiger partial charge in [0.05, 0.1) is 24.6 Å². The molecule has 2 N–H and O–H groups in total. The third kappa shape index (κ3) is 8.31. The van der Waals surface area contributed by atoms with E-state index in [1.165, 1.54) is 0 Å². The van der Waals surface area contributed by atoms with Gasteiger partial charge >= 0.3 is 6.09 Å². The normalized spacial score (nSPS) is 17.9. The number of hydrogen-bond donors (Lipinski definition) is 2. The third-order valence-corrected chi connectivity index (χ3v) is 4.62. The van der Waals surface area contributed by atoms with Gasteiger partial charge in [-0.05, 0) is 39.7 Å². The second-order valence-corrected chi connectivity index (χ2v) is 8.09. The summed E-state index contributed by atoms with van der Waals surface area (Å²) in [5, 5.41) is 5.72. The summed E-state index contributed by atoms with van der Waals surface area (Å²) in [5.74, 6) is -0.336. The monoisotopic (exact) mass is 407 g/mol. The Hall–Kier alpha value is -2.28. The molecule has 0 bridgehead atoms. The first-order valence-electron chi connectivity index (χ1n) is 10.2. The molecule has 1 aliphatic heterocycles. The summed E-state index contributed by atoms with van der Waals surface area (Å²) in [7, 11) is 0. The maximum Gasteiger partial charge on any atom is 0.408 e. The lowest BCUT2D eigenvalue weighted by Gasteiger charge is -2.33. The molecule has 0 saturated carbocycles. The molecule has 0 aromatic rings. The van der Waals surface area contributed by atoms with E-state index >= 15 is 0 Å². The number of hydrogen-bond acceptors (Lipinski definition) is 5. The molecule has 2 amide bonds. The Morgan fingerprint density at radius 1 is 1.28 bits per heavy atom. The molecule has 7 nitrogen and oxygen atoms in total. The van der Waals surface area contributed by atoms with Crippen LogP contribution in [-0.4, -0.2) is 54.8 Å². The van der Waals surface area contributed by atoms with Crippen LogP contribution in [0.25, 0.3) is 0 Å². The molecule has 0 spiro atoms. The second kappa shape index (κ2) is 11.7. The molecule has 0 aliphatic carbocycles. The summed E-state index contributed by atoms with van der Waals surface area (Å²) in [6, 6.07) is -0.709. The molecule has 29 heavy (non-hydrogen) atoms. The zero-order valence-corrected chi connectivity index (χ0v) is 18.7. The fraction of sp³-hybridized carbons (Fsp3) is 0.636. The van der Waals surface area contributed by atoms with Crippen molar-refractivity contribution in [3.05, 3.63) is 36.2 Å². The van der Waals surface area contributed by atoms with Crippen molar-refractivity contribution in [3.63, 3.8) is 0 Å². The highest BCUT2D eigenvalue weighted by Gasteiger charge is 2.29. The van der Waals surface area contributed by atoms with Gasteiger partial charge in [-0.1, -0.05) is 39.0 Å². The molecule has 1 rings (SSSR count). The van der Waals surface area contributed by atoms with Crippen molar-refractivity contribution in [2.75, 3.05) is 26.3 Å². The Morgan fingerprint density at radius 2 is 1.90 bits per heavy atom. The van der Waals surface area contributed by atoms with Gasteiger partial charge in [-0.15, -0.1) is 0 Å². The standard InChI is InChI=1S/C22H37N3O4/c1-8-11-18(25-12-14-28-15-13-25)17(10-3)23-20(26)19(16(4)9-2)24-21(27)29-22(5,6)7/h8,10-11,16,19H,1,9,12-15H2,2-7H3,(H,23,26)(H,24,27)/b17-10+,18-11+/t16-,19?/m0/s1. The van der Waals surface area contributed by atoms with Crippen LogP contribution in [0.3, 0.4) is 0 Å². The fourth-order valence-corrected chi connectivity index (χ4v) is 2.91. The Morgan fingerprint density at radius 3 is 2.38 bits per heavy atom. The zero-order chi connectivity index (χ0) is 22.0. The van der Waals surface area contributed by atoms with Crippen LogP contribution in [0.15, 0.2) is 36.2 Å². The molecule has 0 radical (unpaired) electrons. The molecule has 0 aromatic heterocycles. The summed E-state index contributed by atoms with van der Waals surface area (Å²) in [4.78, 5) is 27.5. The van der Waals surface area contributed by atoms with E-state index in [0.717, 1.165) is 25.2 Å². The van der Waals surface area contributed by atoms with Crippen LogP contribution in [0.5, 0.6) is 0 Å². The molecular formula is C22H37N3O4. The first kappa shape index (κ1) is 24.8. The molecule has 164 valence electrons. The Balaban J connectivity index is 2.98. The number of nitrogens with zero attached hydrogens (tertiary/aromatic N) is 1. The number of nitrogens with one attached hydrogen (secondary N) is 2. The van der Waals surface area contributed by atoms with Crippen molar-refractivity contribution in [3.8, 4) is 0 Å². The minimum atomic E-state index is -0.709. The molecule has 1 unspecified atom stereocenters. The van der Waals surface area contributed by atoms with Crippen LogP contribution in [0.2, 0.25) is 0 Å². The highest BCUT2D eigenvalue weighted by molar-refractivity contribution is 5.87. The minimum Gasteiger partial charge on any atom is -0.444 e. The maximum atomic E-state index is 13.1. The number of alkyl carbamates (subject to hydrolysis) is 1. The number of morpholine rings is 1. The predicted octanol–water partition coefficient (Wildman–Crippen LogP) is 3.35. The third-order valence-electron chi connectivity index (χ3n) is 4.62. The van der Waals surface area contributed by atoms with Crippen LogP contribution >= 0.6 is 0 Å². The Kier molecular flexibility index (Phi) is 9.95. The van der Waals surface area contributed by atoms with Crippen molar-refractivity contribution in [2.24, 2.45) is 5.92 Å². The van der Waals surface area contributed by atoms with Crippen molar-refractivity contribution >= 4 is 12.0 Å². The lowest BCUT2D eigenvalue weighted by Crippen LogP contribution is -2.51. The van der Waals surface area contributed by atoms with Gasteiger partial charge in [0.15, 0.2) is 0 Å². The van der Waals surface area contributed by atoms with E-state index in [4.69, 9.17) is 9.47 Å². The van der Waals surface area contributed by atoms with Crippen LogP contribution in [0, 0.1) is 5.92 Å². The highest BCUT2D eigenvalue weighted by atomic mass is 16.6. The van der Waals surface area contributed by atoms with Gasteiger partial charge in [0, 0.05) is 13.1 Å².